The van der Waals surface area contributed by atoms with Crippen molar-refractivity contribution in [2.75, 3.05) is 137 Å². The zero-order valence-electron chi connectivity index (χ0n) is 37.3. The van der Waals surface area contributed by atoms with Crippen molar-refractivity contribution in [3.8, 4) is 22.6 Å². The number of likely N-dealkylation sites (tertiary alicyclic amines) is 1. The summed E-state index contributed by atoms with van der Waals surface area (Å²) in [7, 11) is 4.12. The molecule has 0 amide bonds. The van der Waals surface area contributed by atoms with Gasteiger partial charge in [0.1, 0.15) is 24.7 Å². The van der Waals surface area contributed by atoms with Gasteiger partial charge in [-0.3, -0.25) is 9.80 Å². The first kappa shape index (κ1) is 45.3. The van der Waals surface area contributed by atoms with Gasteiger partial charge in [0.25, 0.3) is 0 Å². The molecule has 326 valence electrons. The molecule has 3 aromatic carbocycles. The van der Waals surface area contributed by atoms with Crippen molar-refractivity contribution in [3.05, 3.63) is 77.4 Å². The maximum Gasteiger partial charge on any atom is 0.120 e. The van der Waals surface area contributed by atoms with Gasteiger partial charge in [-0.05, 0) is 131 Å². The number of nitrogens with zero attached hydrogens (tertiary/aromatic N) is 5. The second-order valence-corrected chi connectivity index (χ2v) is 17.3. The molecule has 6 rings (SSSR count). The predicted octanol–water partition coefficient (Wildman–Crippen LogP) is 7.03. The number of hydrogen-bond acceptors (Lipinski definition) is 10. The number of piperazine rings is 2. The Balaban J connectivity index is 0.930. The summed E-state index contributed by atoms with van der Waals surface area (Å²) in [5.41, 5.74) is 7.38. The third-order valence-corrected chi connectivity index (χ3v) is 12.9. The van der Waals surface area contributed by atoms with Gasteiger partial charge in [0.15, 0.2) is 0 Å². The van der Waals surface area contributed by atoms with Gasteiger partial charge in [-0.15, -0.1) is 0 Å². The van der Waals surface area contributed by atoms with Crippen LogP contribution >= 0.6 is 0 Å². The molecule has 0 N–H and O–H groups in total. The van der Waals surface area contributed by atoms with Crippen LogP contribution in [0.5, 0.6) is 11.5 Å². The first-order valence-corrected chi connectivity index (χ1v) is 22.6. The molecule has 0 radical (unpaired) electrons. The minimum atomic E-state index is 0.165. The molecule has 3 aliphatic heterocycles. The number of likely N-dealkylation sites (N-methyl/N-ethyl adjacent to an activating group) is 1. The van der Waals surface area contributed by atoms with Gasteiger partial charge in [0.2, 0.25) is 0 Å². The Morgan fingerprint density at radius 3 is 1.76 bits per heavy atom. The monoisotopic (exact) mass is 814 g/mol. The summed E-state index contributed by atoms with van der Waals surface area (Å²) in [6, 6.07) is 22.0. The fraction of sp³-hybridized carbons (Fsp3) is 0.633. The maximum atomic E-state index is 6.27. The van der Waals surface area contributed by atoms with Crippen molar-refractivity contribution < 1.29 is 23.7 Å². The molecule has 0 bridgehead atoms. The summed E-state index contributed by atoms with van der Waals surface area (Å²) in [6.45, 7) is 25.5. The van der Waals surface area contributed by atoms with Crippen LogP contribution in [0.15, 0.2) is 60.7 Å². The fourth-order valence-electron chi connectivity index (χ4n) is 8.81. The molecule has 10 heteroatoms. The molecular formula is C49H75N5O5. The summed E-state index contributed by atoms with van der Waals surface area (Å²) in [5, 5.41) is 0. The maximum absolute atomic E-state index is 6.27. The molecule has 0 aliphatic carbocycles. The van der Waals surface area contributed by atoms with Crippen LogP contribution in [0.3, 0.4) is 0 Å². The smallest absolute Gasteiger partial charge is 0.120 e. The van der Waals surface area contributed by atoms with Crippen LogP contribution < -0.4 is 14.4 Å². The van der Waals surface area contributed by atoms with E-state index in [1.165, 1.54) is 48.3 Å². The number of hydrogen-bond donors (Lipinski definition) is 0. The average Bonchev–Trinajstić information content (AvgIpc) is 3.25. The molecule has 3 fully saturated rings. The van der Waals surface area contributed by atoms with Gasteiger partial charge in [-0.25, -0.2) is 0 Å². The van der Waals surface area contributed by atoms with Gasteiger partial charge in [-0.1, -0.05) is 36.8 Å². The highest BCUT2D eigenvalue weighted by Gasteiger charge is 2.30. The standard InChI is InChI=1S/C49H75N5O5/c1-39-7-11-43(12-8-39)53-28-24-52(25-29-53)21-17-49(55-6)48(54-26-22-50(5)23-27-54)18-31-56-33-35-58-44-13-9-41(3)46(37-44)47-38-45(14-10-42(47)4)59-36-34-57-32-30-51-19-15-40(2)16-20-51/h7-14,37-38,40,48-49H,15-36H2,1-6H3. The Bertz CT molecular complexity index is 1650. The lowest BCUT2D eigenvalue weighted by Crippen LogP contribution is -2.54. The first-order chi connectivity index (χ1) is 28.7. The molecule has 3 saturated heterocycles. The Morgan fingerprint density at radius 2 is 1.17 bits per heavy atom. The summed E-state index contributed by atoms with van der Waals surface area (Å²) in [6.07, 6.45) is 4.73. The molecule has 0 spiro atoms. The van der Waals surface area contributed by atoms with Crippen LogP contribution in [0, 0.1) is 26.7 Å². The van der Waals surface area contributed by atoms with Gasteiger partial charge in [0, 0.05) is 90.9 Å². The minimum Gasteiger partial charge on any atom is -0.491 e. The summed E-state index contributed by atoms with van der Waals surface area (Å²) < 4.78 is 30.8. The Labute approximate surface area is 356 Å². The molecule has 3 aliphatic rings. The second-order valence-electron chi connectivity index (χ2n) is 17.3. The molecule has 2 unspecified atom stereocenters. The van der Waals surface area contributed by atoms with Crippen molar-refractivity contribution in [2.45, 2.75) is 65.5 Å². The fourth-order valence-corrected chi connectivity index (χ4v) is 8.81. The summed E-state index contributed by atoms with van der Waals surface area (Å²) in [5.74, 6) is 2.57. The zero-order valence-corrected chi connectivity index (χ0v) is 37.3. The highest BCUT2D eigenvalue weighted by molar-refractivity contribution is 5.73. The van der Waals surface area contributed by atoms with Crippen molar-refractivity contribution in [2.24, 2.45) is 5.92 Å². The molecule has 0 saturated carbocycles. The van der Waals surface area contributed by atoms with Crippen LogP contribution in [0.25, 0.3) is 11.1 Å². The highest BCUT2D eigenvalue weighted by atomic mass is 16.5. The van der Waals surface area contributed by atoms with Crippen LogP contribution in [-0.4, -0.2) is 164 Å². The van der Waals surface area contributed by atoms with E-state index in [2.05, 4.69) is 120 Å². The molecular weight excluding hydrogens is 739 g/mol. The molecule has 0 aromatic heterocycles. The van der Waals surface area contributed by atoms with Crippen molar-refractivity contribution in [1.29, 1.82) is 0 Å². The van der Waals surface area contributed by atoms with Crippen molar-refractivity contribution >= 4 is 5.69 Å². The van der Waals surface area contributed by atoms with E-state index in [1.54, 1.807) is 0 Å². The van der Waals surface area contributed by atoms with Crippen LogP contribution in [-0.2, 0) is 14.2 Å². The lowest BCUT2D eigenvalue weighted by atomic mass is 9.96. The minimum absolute atomic E-state index is 0.165. The predicted molar refractivity (Wildman–Crippen MR) is 242 cm³/mol. The number of aryl methyl sites for hydroxylation is 3. The number of anilines is 1. The van der Waals surface area contributed by atoms with Gasteiger partial charge >= 0.3 is 0 Å². The van der Waals surface area contributed by atoms with E-state index in [1.807, 2.05) is 7.11 Å². The van der Waals surface area contributed by atoms with E-state index in [9.17, 15) is 0 Å². The molecule has 10 nitrogen and oxygen atoms in total. The van der Waals surface area contributed by atoms with Gasteiger partial charge in [0.05, 0.1) is 25.9 Å². The quantitative estimate of drug-likeness (QED) is 0.0989. The van der Waals surface area contributed by atoms with E-state index in [0.29, 0.717) is 39.1 Å². The lowest BCUT2D eigenvalue weighted by molar-refractivity contribution is -0.0266. The average molecular weight is 814 g/mol. The third kappa shape index (κ3) is 14.2. The highest BCUT2D eigenvalue weighted by Crippen LogP contribution is 2.33. The lowest BCUT2D eigenvalue weighted by Gasteiger charge is -2.42. The topological polar surface area (TPSA) is 62.4 Å². The van der Waals surface area contributed by atoms with E-state index in [-0.39, 0.29) is 6.10 Å². The normalized spacial score (nSPS) is 18.9. The summed E-state index contributed by atoms with van der Waals surface area (Å²) >= 11 is 0. The van der Waals surface area contributed by atoms with Crippen molar-refractivity contribution in [1.82, 2.24) is 19.6 Å². The zero-order chi connectivity index (χ0) is 41.4. The molecule has 59 heavy (non-hydrogen) atoms. The van der Waals surface area contributed by atoms with E-state index < -0.39 is 0 Å². The Kier molecular flexibility index (Phi) is 18.2. The Hall–Kier alpha value is -3.22. The summed E-state index contributed by atoms with van der Waals surface area (Å²) in [4.78, 5) is 12.7. The van der Waals surface area contributed by atoms with Gasteiger partial charge < -0.3 is 38.4 Å². The van der Waals surface area contributed by atoms with E-state index in [4.69, 9.17) is 23.7 Å². The van der Waals surface area contributed by atoms with Gasteiger partial charge in [-0.2, -0.15) is 0 Å². The van der Waals surface area contributed by atoms with Crippen LogP contribution in [0.1, 0.15) is 49.3 Å². The molecule has 2 atom stereocenters. The van der Waals surface area contributed by atoms with Crippen LogP contribution in [0.2, 0.25) is 0 Å². The number of rotatable bonds is 22. The number of ether oxygens (including phenoxy) is 5. The third-order valence-electron chi connectivity index (χ3n) is 12.9. The molecule has 3 aromatic rings. The number of benzene rings is 3. The van der Waals surface area contributed by atoms with E-state index >= 15 is 0 Å². The van der Waals surface area contributed by atoms with Crippen molar-refractivity contribution in [3.63, 3.8) is 0 Å². The Morgan fingerprint density at radius 1 is 0.593 bits per heavy atom. The first-order valence-electron chi connectivity index (χ1n) is 22.6. The largest absolute Gasteiger partial charge is 0.491 e. The number of methoxy groups -OCH3 is 1. The van der Waals surface area contributed by atoms with Crippen LogP contribution in [0.4, 0.5) is 5.69 Å². The number of piperidine rings is 1. The van der Waals surface area contributed by atoms with E-state index in [0.717, 1.165) is 113 Å². The molecule has 3 heterocycles. The SMILES string of the molecule is COC(CCN1CCN(c2ccc(C)cc2)CC1)C(CCOCCOc1ccc(C)c(-c2cc(OCCOCCN3CCC(C)CC3)ccc2C)c1)N1CCN(C)CC1. The second kappa shape index (κ2) is 23.7.